The summed E-state index contributed by atoms with van der Waals surface area (Å²) in [6.07, 6.45) is 4.05. The maximum absolute atomic E-state index is 11.6. The van der Waals surface area contributed by atoms with E-state index in [9.17, 15) is 14.7 Å². The van der Waals surface area contributed by atoms with Gasteiger partial charge in [-0.3, -0.25) is 4.79 Å². The third-order valence-electron chi connectivity index (χ3n) is 4.72. The molecule has 3 rings (SSSR count). The van der Waals surface area contributed by atoms with Gasteiger partial charge in [0.2, 0.25) is 5.91 Å². The molecule has 1 amide bonds. The molecule has 1 heterocycles. The summed E-state index contributed by atoms with van der Waals surface area (Å²) >= 11 is 1.38. The molecule has 1 aromatic carbocycles. The molecule has 2 aromatic rings. The lowest BCUT2D eigenvalue weighted by molar-refractivity contribution is -0.119. The lowest BCUT2D eigenvalue weighted by Crippen LogP contribution is -2.29. The standard InChI is InChI=1S/C18H21NO3S/c1-11(20)19-10-12-6-8-13(9-7-12)16-14-4-2-3-5-15(14)23-17(16)18(21)22/h2-5,12-13H,6-10H2,1H3,(H,19,20)(H,21,22). The first-order valence-corrected chi connectivity index (χ1v) is 8.87. The Morgan fingerprint density at radius 3 is 2.57 bits per heavy atom. The molecule has 0 bridgehead atoms. The van der Waals surface area contributed by atoms with Gasteiger partial charge in [-0.25, -0.2) is 4.79 Å². The van der Waals surface area contributed by atoms with Gasteiger partial charge in [-0.15, -0.1) is 11.3 Å². The van der Waals surface area contributed by atoms with E-state index in [1.54, 1.807) is 6.92 Å². The molecule has 1 saturated carbocycles. The van der Waals surface area contributed by atoms with Gasteiger partial charge in [0.15, 0.2) is 0 Å². The molecular weight excluding hydrogens is 310 g/mol. The number of carbonyl (C=O) groups excluding carboxylic acids is 1. The van der Waals surface area contributed by atoms with Gasteiger partial charge in [0.25, 0.3) is 0 Å². The summed E-state index contributed by atoms with van der Waals surface area (Å²) in [4.78, 5) is 23.2. The van der Waals surface area contributed by atoms with Crippen molar-refractivity contribution in [3.63, 3.8) is 0 Å². The molecule has 1 aromatic heterocycles. The number of fused-ring (bicyclic) bond motifs is 1. The van der Waals surface area contributed by atoms with Gasteiger partial charge in [-0.2, -0.15) is 0 Å². The van der Waals surface area contributed by atoms with Gasteiger partial charge >= 0.3 is 5.97 Å². The van der Waals surface area contributed by atoms with Crippen molar-refractivity contribution >= 4 is 33.3 Å². The highest BCUT2D eigenvalue weighted by Crippen LogP contribution is 2.43. The summed E-state index contributed by atoms with van der Waals surface area (Å²) in [7, 11) is 0. The molecule has 0 atom stereocenters. The normalized spacial score (nSPS) is 21.3. The van der Waals surface area contributed by atoms with E-state index >= 15 is 0 Å². The zero-order chi connectivity index (χ0) is 16.4. The third-order valence-corrected chi connectivity index (χ3v) is 5.90. The van der Waals surface area contributed by atoms with Crippen LogP contribution in [-0.2, 0) is 4.79 Å². The SMILES string of the molecule is CC(=O)NCC1CCC(c2c(C(=O)O)sc3ccccc23)CC1. The maximum atomic E-state index is 11.6. The Labute approximate surface area is 139 Å². The Morgan fingerprint density at radius 1 is 1.22 bits per heavy atom. The lowest BCUT2D eigenvalue weighted by Gasteiger charge is -2.29. The van der Waals surface area contributed by atoms with E-state index in [0.717, 1.165) is 47.9 Å². The Kier molecular flexibility index (Phi) is 4.66. The summed E-state index contributed by atoms with van der Waals surface area (Å²) in [5.41, 5.74) is 1.02. The molecule has 1 aliphatic carbocycles. The smallest absolute Gasteiger partial charge is 0.346 e. The van der Waals surface area contributed by atoms with Crippen LogP contribution in [0, 0.1) is 5.92 Å². The number of nitrogens with one attached hydrogen (secondary N) is 1. The summed E-state index contributed by atoms with van der Waals surface area (Å²) in [5, 5.41) is 13.5. The maximum Gasteiger partial charge on any atom is 0.346 e. The Balaban J connectivity index is 1.80. The van der Waals surface area contributed by atoms with Crippen molar-refractivity contribution in [1.82, 2.24) is 5.32 Å². The van der Waals surface area contributed by atoms with Crippen LogP contribution in [0.15, 0.2) is 24.3 Å². The summed E-state index contributed by atoms with van der Waals surface area (Å²) < 4.78 is 1.06. The minimum Gasteiger partial charge on any atom is -0.477 e. The number of hydrogen-bond acceptors (Lipinski definition) is 3. The topological polar surface area (TPSA) is 66.4 Å². The summed E-state index contributed by atoms with van der Waals surface area (Å²) in [6, 6.07) is 7.97. The number of rotatable bonds is 4. The number of aromatic carboxylic acids is 1. The highest BCUT2D eigenvalue weighted by Gasteiger charge is 2.28. The fourth-order valence-electron chi connectivity index (χ4n) is 3.57. The third kappa shape index (κ3) is 3.39. The average molecular weight is 331 g/mol. The van der Waals surface area contributed by atoms with Crippen LogP contribution < -0.4 is 5.32 Å². The van der Waals surface area contributed by atoms with Gasteiger partial charge in [-0.05, 0) is 54.5 Å². The summed E-state index contributed by atoms with van der Waals surface area (Å²) in [5.74, 6) is 0.0184. The molecule has 5 heteroatoms. The van der Waals surface area contributed by atoms with Crippen LogP contribution in [0.4, 0.5) is 0 Å². The minimum absolute atomic E-state index is 0.0177. The first kappa shape index (κ1) is 16.0. The second-order valence-electron chi connectivity index (χ2n) is 6.30. The van der Waals surface area contributed by atoms with E-state index in [1.807, 2.05) is 24.3 Å². The van der Waals surface area contributed by atoms with Crippen molar-refractivity contribution in [2.24, 2.45) is 5.92 Å². The first-order valence-electron chi connectivity index (χ1n) is 8.05. The monoisotopic (exact) mass is 331 g/mol. The van der Waals surface area contributed by atoms with Crippen molar-refractivity contribution in [3.8, 4) is 0 Å². The van der Waals surface area contributed by atoms with Gasteiger partial charge in [-0.1, -0.05) is 18.2 Å². The van der Waals surface area contributed by atoms with Crippen LogP contribution >= 0.6 is 11.3 Å². The molecular formula is C18H21NO3S. The van der Waals surface area contributed by atoms with E-state index < -0.39 is 5.97 Å². The van der Waals surface area contributed by atoms with Crippen molar-refractivity contribution in [2.45, 2.75) is 38.5 Å². The lowest BCUT2D eigenvalue weighted by atomic mass is 9.78. The molecule has 1 fully saturated rings. The molecule has 4 nitrogen and oxygen atoms in total. The minimum atomic E-state index is -0.818. The number of amides is 1. The number of hydrogen-bond donors (Lipinski definition) is 2. The Bertz CT molecular complexity index is 729. The molecule has 0 spiro atoms. The van der Waals surface area contributed by atoms with Crippen LogP contribution in [0.2, 0.25) is 0 Å². The first-order chi connectivity index (χ1) is 11.1. The van der Waals surface area contributed by atoms with Gasteiger partial charge in [0.1, 0.15) is 4.88 Å². The predicted octanol–water partition coefficient (Wildman–Crippen LogP) is 4.01. The fourth-order valence-corrected chi connectivity index (χ4v) is 4.70. The van der Waals surface area contributed by atoms with Crippen molar-refractivity contribution < 1.29 is 14.7 Å². The second kappa shape index (κ2) is 6.71. The fraction of sp³-hybridized carbons (Fsp3) is 0.444. The van der Waals surface area contributed by atoms with E-state index in [-0.39, 0.29) is 5.91 Å². The highest BCUT2D eigenvalue weighted by atomic mass is 32.1. The molecule has 23 heavy (non-hydrogen) atoms. The molecule has 0 saturated heterocycles. The average Bonchev–Trinajstić information content (AvgIpc) is 2.93. The van der Waals surface area contributed by atoms with E-state index in [4.69, 9.17) is 0 Å². The van der Waals surface area contributed by atoms with Crippen molar-refractivity contribution in [2.75, 3.05) is 6.54 Å². The van der Waals surface area contributed by atoms with Gasteiger partial charge in [0.05, 0.1) is 0 Å². The molecule has 0 aliphatic heterocycles. The summed E-state index contributed by atoms with van der Waals surface area (Å²) in [6.45, 7) is 2.28. The Hall–Kier alpha value is -1.88. The van der Waals surface area contributed by atoms with Crippen LogP contribution in [-0.4, -0.2) is 23.5 Å². The second-order valence-corrected chi connectivity index (χ2v) is 7.35. The highest BCUT2D eigenvalue weighted by molar-refractivity contribution is 7.21. The van der Waals surface area contributed by atoms with Crippen LogP contribution in [0.25, 0.3) is 10.1 Å². The van der Waals surface area contributed by atoms with Gasteiger partial charge in [0, 0.05) is 18.2 Å². The largest absolute Gasteiger partial charge is 0.477 e. The zero-order valence-electron chi connectivity index (χ0n) is 13.2. The quantitative estimate of drug-likeness (QED) is 0.889. The number of thiophene rings is 1. The van der Waals surface area contributed by atoms with Crippen LogP contribution in [0.5, 0.6) is 0 Å². The molecule has 0 radical (unpaired) electrons. The molecule has 1 aliphatic rings. The molecule has 2 N–H and O–H groups in total. The number of carbonyl (C=O) groups is 2. The number of carboxylic acid groups (broad SMARTS) is 1. The van der Waals surface area contributed by atoms with E-state index in [2.05, 4.69) is 5.32 Å². The van der Waals surface area contributed by atoms with E-state index in [0.29, 0.717) is 16.7 Å². The Morgan fingerprint density at radius 2 is 1.91 bits per heavy atom. The van der Waals surface area contributed by atoms with Crippen molar-refractivity contribution in [1.29, 1.82) is 0 Å². The molecule has 0 unspecified atom stereocenters. The number of benzene rings is 1. The van der Waals surface area contributed by atoms with E-state index in [1.165, 1.54) is 11.3 Å². The molecule has 122 valence electrons. The van der Waals surface area contributed by atoms with Gasteiger partial charge < -0.3 is 10.4 Å². The van der Waals surface area contributed by atoms with Crippen molar-refractivity contribution in [3.05, 3.63) is 34.7 Å². The van der Waals surface area contributed by atoms with Crippen LogP contribution in [0.3, 0.4) is 0 Å². The predicted molar refractivity (Wildman–Crippen MR) is 92.2 cm³/mol. The zero-order valence-corrected chi connectivity index (χ0v) is 14.0. The number of carboxylic acids is 1. The van der Waals surface area contributed by atoms with Crippen LogP contribution in [0.1, 0.15) is 53.8 Å².